The molecule has 0 bridgehead atoms. The number of hydrogen-bond acceptors (Lipinski definition) is 2. The molecule has 0 aliphatic rings. The fourth-order valence-electron chi connectivity index (χ4n) is 0.610. The molecule has 3 heteroatoms. The minimum Gasteiger partial charge on any atom is -0.385 e. The maximum Gasteiger partial charge on any atom is 0.224 e. The van der Waals surface area contributed by atoms with Crippen LogP contribution in [0.1, 0.15) is 13.3 Å². The second-order valence-corrected chi connectivity index (χ2v) is 2.19. The van der Waals surface area contributed by atoms with Gasteiger partial charge in [0.15, 0.2) is 0 Å². The first-order chi connectivity index (χ1) is 4.66. The van der Waals surface area contributed by atoms with E-state index in [4.69, 9.17) is 11.7 Å². The van der Waals surface area contributed by atoms with Gasteiger partial charge in [0.25, 0.3) is 0 Å². The van der Waals surface area contributed by atoms with Gasteiger partial charge in [-0.3, -0.25) is 4.79 Å². The molecule has 1 N–H and O–H groups in total. The Balaban J connectivity index is 3.25. The molecule has 0 aliphatic carbocycles. The molecule has 0 saturated heterocycles. The highest BCUT2D eigenvalue weighted by atomic mass is 16.5. The molecule has 0 aromatic heterocycles. The van der Waals surface area contributed by atoms with Crippen molar-refractivity contribution in [3.05, 3.63) is 6.92 Å². The van der Waals surface area contributed by atoms with Crippen LogP contribution in [-0.4, -0.2) is 25.7 Å². The van der Waals surface area contributed by atoms with Gasteiger partial charge in [-0.25, -0.2) is 0 Å². The molecule has 0 aliphatic heterocycles. The van der Waals surface area contributed by atoms with Gasteiger partial charge in [0.1, 0.15) is 0 Å². The van der Waals surface area contributed by atoms with Crippen LogP contribution in [-0.2, 0) is 9.53 Å². The first-order valence-electron chi connectivity index (χ1n) is 3.21. The second-order valence-electron chi connectivity index (χ2n) is 2.19. The van der Waals surface area contributed by atoms with Crippen molar-refractivity contribution in [1.29, 1.82) is 0 Å². The van der Waals surface area contributed by atoms with Gasteiger partial charge in [-0.15, -0.1) is 0 Å². The molecule has 0 aromatic rings. The average Bonchev–Trinajstić information content (AvgIpc) is 1.82. The topological polar surface area (TPSA) is 38.3 Å². The number of methoxy groups -OCH3 is 1. The zero-order valence-corrected chi connectivity index (χ0v) is 6.39. The van der Waals surface area contributed by atoms with Gasteiger partial charge in [0.2, 0.25) is 5.91 Å². The van der Waals surface area contributed by atoms with Crippen LogP contribution in [0.3, 0.4) is 0 Å². The van der Waals surface area contributed by atoms with Gasteiger partial charge in [0.05, 0.1) is 6.92 Å². The van der Waals surface area contributed by atoms with Crippen LogP contribution in [0.15, 0.2) is 0 Å². The third-order valence-electron chi connectivity index (χ3n) is 1.14. The van der Waals surface area contributed by atoms with Crippen molar-refractivity contribution in [2.45, 2.75) is 19.4 Å². The first kappa shape index (κ1) is 9.43. The number of carbonyl (C=O) groups excluding carboxylic acids is 1. The van der Waals surface area contributed by atoms with Crippen molar-refractivity contribution < 1.29 is 9.53 Å². The molecular weight excluding hydrogens is 130 g/mol. The Morgan fingerprint density at radius 1 is 1.80 bits per heavy atom. The number of ether oxygens (including phenoxy) is 1. The van der Waals surface area contributed by atoms with E-state index in [1.807, 2.05) is 6.92 Å². The lowest BCUT2D eigenvalue weighted by Gasteiger charge is -2.10. The molecule has 0 spiro atoms. The fraction of sp³-hybridized carbons (Fsp3) is 0.714. The van der Waals surface area contributed by atoms with Crippen LogP contribution in [0.2, 0.25) is 0 Å². The summed E-state index contributed by atoms with van der Waals surface area (Å²) in [6.07, 6.45) is 0.791. The maximum atomic E-state index is 10.2. The van der Waals surface area contributed by atoms with Crippen LogP contribution in [0.5, 0.6) is 0 Å². The maximum absolute atomic E-state index is 10.2. The van der Waals surface area contributed by atoms with Gasteiger partial charge in [0, 0.05) is 19.8 Å². The Morgan fingerprint density at radius 2 is 2.40 bits per heavy atom. The van der Waals surface area contributed by atoms with E-state index >= 15 is 0 Å². The van der Waals surface area contributed by atoms with E-state index in [0.29, 0.717) is 6.61 Å². The van der Waals surface area contributed by atoms with Crippen molar-refractivity contribution in [1.82, 2.24) is 5.32 Å². The molecule has 0 heterocycles. The molecule has 0 rings (SSSR count). The van der Waals surface area contributed by atoms with E-state index in [0.717, 1.165) is 6.42 Å². The Hall–Kier alpha value is -0.570. The third-order valence-corrected chi connectivity index (χ3v) is 1.14. The molecule has 10 heavy (non-hydrogen) atoms. The normalized spacial score (nSPS) is 12.7. The summed E-state index contributed by atoms with van der Waals surface area (Å²) in [5.41, 5.74) is 0. The van der Waals surface area contributed by atoms with Gasteiger partial charge >= 0.3 is 0 Å². The van der Waals surface area contributed by atoms with Crippen molar-refractivity contribution in [3.63, 3.8) is 0 Å². The first-order valence-corrected chi connectivity index (χ1v) is 3.21. The van der Waals surface area contributed by atoms with Crippen LogP contribution >= 0.6 is 0 Å². The van der Waals surface area contributed by atoms with Crippen molar-refractivity contribution in [2.24, 2.45) is 0 Å². The van der Waals surface area contributed by atoms with E-state index in [1.54, 1.807) is 7.11 Å². The fourth-order valence-corrected chi connectivity index (χ4v) is 0.610. The van der Waals surface area contributed by atoms with Crippen molar-refractivity contribution >= 4 is 5.91 Å². The highest BCUT2D eigenvalue weighted by Gasteiger charge is 2.01. The Kier molecular flexibility index (Phi) is 4.94. The lowest BCUT2D eigenvalue weighted by Crippen LogP contribution is -2.31. The highest BCUT2D eigenvalue weighted by molar-refractivity contribution is 5.80. The summed E-state index contributed by atoms with van der Waals surface area (Å²) in [6.45, 7) is 7.39. The molecule has 58 valence electrons. The number of amides is 1. The van der Waals surface area contributed by atoms with Crippen LogP contribution in [0, 0.1) is 6.92 Å². The molecule has 2 radical (unpaired) electrons. The third kappa shape index (κ3) is 5.56. The van der Waals surface area contributed by atoms with Crippen LogP contribution in [0.25, 0.3) is 0 Å². The smallest absolute Gasteiger partial charge is 0.224 e. The highest BCUT2D eigenvalue weighted by Crippen LogP contribution is 1.89. The molecular formula is C7H13NO2. The Labute approximate surface area is 61.8 Å². The van der Waals surface area contributed by atoms with E-state index < -0.39 is 5.91 Å². The SMILES string of the molecule is [CH]C(=O)NC(C)CCOC. The lowest BCUT2D eigenvalue weighted by atomic mass is 10.2. The number of nitrogens with one attached hydrogen (secondary N) is 1. The molecule has 3 nitrogen and oxygen atoms in total. The number of rotatable bonds is 4. The zero-order valence-electron chi connectivity index (χ0n) is 6.39. The molecule has 0 saturated carbocycles. The van der Waals surface area contributed by atoms with Gasteiger partial charge in [-0.2, -0.15) is 0 Å². The van der Waals surface area contributed by atoms with Crippen molar-refractivity contribution in [2.75, 3.05) is 13.7 Å². The molecule has 0 fully saturated rings. The van der Waals surface area contributed by atoms with E-state index in [-0.39, 0.29) is 6.04 Å². The van der Waals surface area contributed by atoms with Crippen molar-refractivity contribution in [3.8, 4) is 0 Å². The summed E-state index contributed by atoms with van der Waals surface area (Å²) in [4.78, 5) is 10.2. The average molecular weight is 143 g/mol. The summed E-state index contributed by atoms with van der Waals surface area (Å²) in [6, 6.07) is 0.0949. The molecule has 0 aromatic carbocycles. The predicted octanol–water partition coefficient (Wildman–Crippen LogP) is 0.239. The Morgan fingerprint density at radius 3 is 2.80 bits per heavy atom. The minimum absolute atomic E-state index is 0.0949. The van der Waals surface area contributed by atoms with E-state index in [1.165, 1.54) is 0 Å². The van der Waals surface area contributed by atoms with Gasteiger partial charge in [-0.1, -0.05) is 0 Å². The van der Waals surface area contributed by atoms with E-state index in [2.05, 4.69) is 5.32 Å². The van der Waals surface area contributed by atoms with Crippen LogP contribution < -0.4 is 5.32 Å². The summed E-state index contributed by atoms with van der Waals surface area (Å²) in [5, 5.41) is 2.54. The molecule has 1 amide bonds. The Bertz CT molecular complexity index is 104. The predicted molar refractivity (Wildman–Crippen MR) is 38.4 cm³/mol. The summed E-state index contributed by atoms with van der Waals surface area (Å²) >= 11 is 0. The monoisotopic (exact) mass is 143 g/mol. The minimum atomic E-state index is -0.483. The molecule has 1 atom stereocenters. The summed E-state index contributed by atoms with van der Waals surface area (Å²) in [7, 11) is 1.62. The lowest BCUT2D eigenvalue weighted by molar-refractivity contribution is -0.117. The van der Waals surface area contributed by atoms with Gasteiger partial charge in [-0.05, 0) is 13.3 Å². The van der Waals surface area contributed by atoms with Gasteiger partial charge < -0.3 is 10.1 Å². The van der Waals surface area contributed by atoms with Crippen LogP contribution in [0.4, 0.5) is 0 Å². The second kappa shape index (κ2) is 5.23. The summed E-state index contributed by atoms with van der Waals surface area (Å²) < 4.78 is 4.80. The standard InChI is InChI=1S/C7H13NO2/c1-6(4-5-10-3)8-7(2)9/h2,6H,4-5H2,1,3H3,(H,8,9). The quantitative estimate of drug-likeness (QED) is 0.612. The number of hydrogen-bond donors (Lipinski definition) is 1. The zero-order chi connectivity index (χ0) is 7.98. The van der Waals surface area contributed by atoms with E-state index in [9.17, 15) is 4.79 Å². The molecule has 1 unspecified atom stereocenters. The largest absolute Gasteiger partial charge is 0.385 e. The number of carbonyl (C=O) groups is 1. The summed E-state index contributed by atoms with van der Waals surface area (Å²) in [5.74, 6) is -0.483.